The molecular formula is C15H24N2. The van der Waals surface area contributed by atoms with Gasteiger partial charge in [0, 0.05) is 25.3 Å². The molecule has 1 atom stereocenters. The molecule has 2 heteroatoms. The van der Waals surface area contributed by atoms with Gasteiger partial charge in [-0.3, -0.25) is 0 Å². The fourth-order valence-corrected chi connectivity index (χ4v) is 2.89. The van der Waals surface area contributed by atoms with Gasteiger partial charge in [-0.25, -0.2) is 0 Å². The quantitative estimate of drug-likeness (QED) is 0.864. The molecule has 1 fully saturated rings. The van der Waals surface area contributed by atoms with Crippen molar-refractivity contribution in [3.63, 3.8) is 0 Å². The molecule has 2 N–H and O–H groups in total. The first-order valence-electron chi connectivity index (χ1n) is 6.79. The number of aryl methyl sites for hydroxylation is 1. The van der Waals surface area contributed by atoms with Gasteiger partial charge in [0.2, 0.25) is 0 Å². The van der Waals surface area contributed by atoms with E-state index in [1.165, 1.54) is 49.2 Å². The zero-order valence-corrected chi connectivity index (χ0v) is 11.1. The second kappa shape index (κ2) is 5.54. The van der Waals surface area contributed by atoms with E-state index in [9.17, 15) is 0 Å². The zero-order valence-electron chi connectivity index (χ0n) is 11.1. The number of benzene rings is 1. The summed E-state index contributed by atoms with van der Waals surface area (Å²) in [7, 11) is 0. The molecule has 0 spiro atoms. The maximum Gasteiger partial charge on any atom is 0.0396 e. The van der Waals surface area contributed by atoms with Gasteiger partial charge in [-0.2, -0.15) is 0 Å². The van der Waals surface area contributed by atoms with Crippen molar-refractivity contribution in [2.45, 2.75) is 39.7 Å². The third kappa shape index (κ3) is 2.81. The SMILES string of the molecule is CCCC1CCN(c2ccc(CN)cc2C)C1. The molecule has 0 amide bonds. The van der Waals surface area contributed by atoms with E-state index in [1.54, 1.807) is 0 Å². The van der Waals surface area contributed by atoms with Crippen molar-refractivity contribution in [3.8, 4) is 0 Å². The highest BCUT2D eigenvalue weighted by atomic mass is 15.2. The molecule has 1 aliphatic heterocycles. The minimum Gasteiger partial charge on any atom is -0.371 e. The zero-order chi connectivity index (χ0) is 12.3. The summed E-state index contributed by atoms with van der Waals surface area (Å²) in [5.41, 5.74) is 9.67. The Labute approximate surface area is 105 Å². The summed E-state index contributed by atoms with van der Waals surface area (Å²) >= 11 is 0. The fourth-order valence-electron chi connectivity index (χ4n) is 2.89. The van der Waals surface area contributed by atoms with Gasteiger partial charge >= 0.3 is 0 Å². The molecule has 1 saturated heterocycles. The van der Waals surface area contributed by atoms with Gasteiger partial charge in [-0.1, -0.05) is 25.5 Å². The third-order valence-electron chi connectivity index (χ3n) is 3.82. The van der Waals surface area contributed by atoms with E-state index in [4.69, 9.17) is 5.73 Å². The molecule has 0 radical (unpaired) electrons. The first-order valence-corrected chi connectivity index (χ1v) is 6.79. The molecule has 2 nitrogen and oxygen atoms in total. The van der Waals surface area contributed by atoms with Gasteiger partial charge in [-0.15, -0.1) is 0 Å². The predicted octanol–water partition coefficient (Wildman–Crippen LogP) is 3.08. The molecule has 94 valence electrons. The van der Waals surface area contributed by atoms with Crippen LogP contribution in [-0.2, 0) is 6.54 Å². The average Bonchev–Trinajstić information content (AvgIpc) is 2.78. The highest BCUT2D eigenvalue weighted by molar-refractivity contribution is 5.55. The molecule has 17 heavy (non-hydrogen) atoms. The lowest BCUT2D eigenvalue weighted by atomic mass is 10.0. The first kappa shape index (κ1) is 12.4. The van der Waals surface area contributed by atoms with Crippen LogP contribution in [0.25, 0.3) is 0 Å². The maximum atomic E-state index is 5.67. The van der Waals surface area contributed by atoms with Crippen molar-refractivity contribution in [2.24, 2.45) is 11.7 Å². The van der Waals surface area contributed by atoms with Crippen molar-refractivity contribution in [2.75, 3.05) is 18.0 Å². The van der Waals surface area contributed by atoms with Gasteiger partial charge in [0.15, 0.2) is 0 Å². The number of rotatable bonds is 4. The van der Waals surface area contributed by atoms with Crippen molar-refractivity contribution in [1.29, 1.82) is 0 Å². The van der Waals surface area contributed by atoms with E-state index in [0.717, 1.165) is 5.92 Å². The van der Waals surface area contributed by atoms with Crippen LogP contribution >= 0.6 is 0 Å². The van der Waals surface area contributed by atoms with Crippen molar-refractivity contribution < 1.29 is 0 Å². The van der Waals surface area contributed by atoms with E-state index in [0.29, 0.717) is 6.54 Å². The Bertz CT molecular complexity index is 373. The van der Waals surface area contributed by atoms with Crippen LogP contribution in [0.5, 0.6) is 0 Å². The maximum absolute atomic E-state index is 5.67. The number of nitrogens with zero attached hydrogens (tertiary/aromatic N) is 1. The van der Waals surface area contributed by atoms with Gasteiger partial charge < -0.3 is 10.6 Å². The molecule has 1 unspecified atom stereocenters. The lowest BCUT2D eigenvalue weighted by Gasteiger charge is -2.21. The van der Waals surface area contributed by atoms with Crippen LogP contribution in [0, 0.1) is 12.8 Å². The Kier molecular flexibility index (Phi) is 4.06. The van der Waals surface area contributed by atoms with E-state index < -0.39 is 0 Å². The predicted molar refractivity (Wildman–Crippen MR) is 74.3 cm³/mol. The van der Waals surface area contributed by atoms with Gasteiger partial charge in [0.25, 0.3) is 0 Å². The molecular weight excluding hydrogens is 208 g/mol. The van der Waals surface area contributed by atoms with Crippen molar-refractivity contribution >= 4 is 5.69 Å². The van der Waals surface area contributed by atoms with E-state index in [1.807, 2.05) is 0 Å². The number of hydrogen-bond donors (Lipinski definition) is 1. The van der Waals surface area contributed by atoms with Gasteiger partial charge in [0.05, 0.1) is 0 Å². The number of nitrogens with two attached hydrogens (primary N) is 1. The Morgan fingerprint density at radius 2 is 2.24 bits per heavy atom. The Morgan fingerprint density at radius 1 is 1.41 bits per heavy atom. The lowest BCUT2D eigenvalue weighted by molar-refractivity contribution is 0.530. The van der Waals surface area contributed by atoms with Crippen molar-refractivity contribution in [3.05, 3.63) is 29.3 Å². The normalized spacial score (nSPS) is 19.9. The molecule has 2 rings (SSSR count). The van der Waals surface area contributed by atoms with E-state index in [-0.39, 0.29) is 0 Å². The number of anilines is 1. The standard InChI is InChI=1S/C15H24N2/c1-3-4-13-7-8-17(11-13)15-6-5-14(10-16)9-12(15)2/h5-6,9,13H,3-4,7-8,10-11,16H2,1-2H3. The third-order valence-corrected chi connectivity index (χ3v) is 3.82. The van der Waals surface area contributed by atoms with Crippen LogP contribution in [0.2, 0.25) is 0 Å². The topological polar surface area (TPSA) is 29.3 Å². The molecule has 0 saturated carbocycles. The molecule has 1 aromatic rings. The fraction of sp³-hybridized carbons (Fsp3) is 0.600. The van der Waals surface area contributed by atoms with Gasteiger partial charge in [-0.05, 0) is 42.9 Å². The van der Waals surface area contributed by atoms with Crippen LogP contribution < -0.4 is 10.6 Å². The molecule has 1 aliphatic rings. The highest BCUT2D eigenvalue weighted by Crippen LogP contribution is 2.29. The van der Waals surface area contributed by atoms with Crippen LogP contribution in [0.3, 0.4) is 0 Å². The minimum absolute atomic E-state index is 0.638. The molecule has 1 aromatic carbocycles. The molecule has 0 aromatic heterocycles. The largest absolute Gasteiger partial charge is 0.371 e. The molecule has 0 aliphatic carbocycles. The second-order valence-corrected chi connectivity index (χ2v) is 5.21. The second-order valence-electron chi connectivity index (χ2n) is 5.21. The minimum atomic E-state index is 0.638. The summed E-state index contributed by atoms with van der Waals surface area (Å²) < 4.78 is 0. The summed E-state index contributed by atoms with van der Waals surface area (Å²) in [5.74, 6) is 0.897. The molecule has 1 heterocycles. The smallest absolute Gasteiger partial charge is 0.0396 e. The first-order chi connectivity index (χ1) is 8.24. The highest BCUT2D eigenvalue weighted by Gasteiger charge is 2.22. The summed E-state index contributed by atoms with van der Waals surface area (Å²) in [4.78, 5) is 2.54. The Morgan fingerprint density at radius 3 is 2.88 bits per heavy atom. The van der Waals surface area contributed by atoms with Crippen LogP contribution in [-0.4, -0.2) is 13.1 Å². The van der Waals surface area contributed by atoms with Crippen molar-refractivity contribution in [1.82, 2.24) is 0 Å². The summed E-state index contributed by atoms with van der Waals surface area (Å²) in [6.45, 7) is 7.56. The summed E-state index contributed by atoms with van der Waals surface area (Å²) in [5, 5.41) is 0. The summed E-state index contributed by atoms with van der Waals surface area (Å²) in [6, 6.07) is 6.63. The van der Waals surface area contributed by atoms with Crippen LogP contribution in [0.15, 0.2) is 18.2 Å². The Balaban J connectivity index is 2.08. The van der Waals surface area contributed by atoms with E-state index in [2.05, 4.69) is 36.9 Å². The monoisotopic (exact) mass is 232 g/mol. The summed E-state index contributed by atoms with van der Waals surface area (Å²) in [6.07, 6.45) is 4.03. The molecule has 0 bridgehead atoms. The van der Waals surface area contributed by atoms with Crippen LogP contribution in [0.4, 0.5) is 5.69 Å². The Hall–Kier alpha value is -1.02. The average molecular weight is 232 g/mol. The van der Waals surface area contributed by atoms with Gasteiger partial charge in [0.1, 0.15) is 0 Å². The number of hydrogen-bond acceptors (Lipinski definition) is 2. The van der Waals surface area contributed by atoms with E-state index >= 15 is 0 Å². The lowest BCUT2D eigenvalue weighted by Crippen LogP contribution is -2.20. The van der Waals surface area contributed by atoms with Crippen LogP contribution in [0.1, 0.15) is 37.3 Å².